The summed E-state index contributed by atoms with van der Waals surface area (Å²) in [6, 6.07) is 7.84. The van der Waals surface area contributed by atoms with Crippen molar-refractivity contribution in [3.63, 3.8) is 0 Å². The fraction of sp³-hybridized carbons (Fsp3) is 0.222. The minimum Gasteiger partial charge on any atom is -0.298 e. The normalized spacial score (nSPS) is 14.9. The first-order chi connectivity index (χ1) is 5.86. The van der Waals surface area contributed by atoms with Crippen LogP contribution in [-0.2, 0) is 0 Å². The minimum absolute atomic E-state index is 0.783. The predicted molar refractivity (Wildman–Crippen MR) is 55.1 cm³/mol. The molecule has 0 unspecified atom stereocenters. The minimum atomic E-state index is 0.783. The number of hydrogen-bond donors (Lipinski definition) is 0. The van der Waals surface area contributed by atoms with E-state index in [1.165, 1.54) is 5.69 Å². The lowest BCUT2D eigenvalue weighted by molar-refractivity contribution is 1.08. The molecular formula is C9H8ClNS. The molecule has 0 saturated carbocycles. The first-order valence-corrected chi connectivity index (χ1v) is 5.13. The molecule has 0 fully saturated rings. The number of anilines is 1. The number of rotatable bonds is 1. The summed E-state index contributed by atoms with van der Waals surface area (Å²) in [5.74, 6) is 1.13. The Hall–Kier alpha value is -0.690. The smallest absolute Gasteiger partial charge is 0.0492 e. The summed E-state index contributed by atoms with van der Waals surface area (Å²) >= 11 is 7.50. The van der Waals surface area contributed by atoms with Crippen LogP contribution in [0.15, 0.2) is 24.3 Å². The third-order valence-corrected chi connectivity index (χ3v) is 2.72. The van der Waals surface area contributed by atoms with Crippen molar-refractivity contribution in [1.29, 1.82) is 0 Å². The van der Waals surface area contributed by atoms with Gasteiger partial charge in [-0.25, -0.2) is 0 Å². The van der Waals surface area contributed by atoms with Crippen LogP contribution in [0.3, 0.4) is 0 Å². The van der Waals surface area contributed by atoms with Gasteiger partial charge in [-0.2, -0.15) is 0 Å². The van der Waals surface area contributed by atoms with E-state index in [9.17, 15) is 0 Å². The van der Waals surface area contributed by atoms with E-state index in [1.807, 2.05) is 24.3 Å². The Morgan fingerprint density at radius 1 is 1.33 bits per heavy atom. The Bertz CT molecular complexity index is 336. The summed E-state index contributed by atoms with van der Waals surface area (Å²) in [6.45, 7) is 1.05. The van der Waals surface area contributed by atoms with Gasteiger partial charge >= 0.3 is 0 Å². The van der Waals surface area contributed by atoms with E-state index < -0.39 is 0 Å². The molecule has 0 aliphatic carbocycles. The number of benzene rings is 1. The van der Waals surface area contributed by atoms with Crippen molar-refractivity contribution < 1.29 is 0 Å². The topological polar surface area (TPSA) is 3.24 Å². The highest BCUT2D eigenvalue weighted by molar-refractivity contribution is 7.89. The zero-order chi connectivity index (χ0) is 8.39. The zero-order valence-corrected chi connectivity index (χ0v) is 8.03. The highest BCUT2D eigenvalue weighted by Crippen LogP contribution is 2.19. The van der Waals surface area contributed by atoms with E-state index in [0.717, 1.165) is 17.3 Å². The quantitative estimate of drug-likeness (QED) is 0.669. The van der Waals surface area contributed by atoms with Crippen LogP contribution in [0.4, 0.5) is 5.69 Å². The van der Waals surface area contributed by atoms with Crippen molar-refractivity contribution in [3.8, 4) is 5.31 Å². The molecule has 1 aromatic carbocycles. The highest BCUT2D eigenvalue weighted by atomic mass is 35.5. The fourth-order valence-corrected chi connectivity index (χ4v) is 1.95. The van der Waals surface area contributed by atoms with Crippen molar-refractivity contribution in [2.45, 2.75) is 0 Å². The van der Waals surface area contributed by atoms with Crippen molar-refractivity contribution in [1.82, 2.24) is 0 Å². The van der Waals surface area contributed by atoms with Gasteiger partial charge < -0.3 is 0 Å². The molecule has 2 rings (SSSR count). The van der Waals surface area contributed by atoms with Crippen LogP contribution in [0.2, 0.25) is 5.02 Å². The molecule has 0 atom stereocenters. The molecule has 0 aromatic heterocycles. The summed E-state index contributed by atoms with van der Waals surface area (Å²) in [7, 11) is 0. The second-order valence-electron chi connectivity index (χ2n) is 2.57. The Labute approximate surface area is 80.5 Å². The summed E-state index contributed by atoms with van der Waals surface area (Å²) in [5.41, 5.74) is 1.17. The lowest BCUT2D eigenvalue weighted by Gasteiger charge is -2.12. The third kappa shape index (κ3) is 1.56. The molecule has 1 aliphatic rings. The summed E-state index contributed by atoms with van der Waals surface area (Å²) in [4.78, 5) is 2.11. The molecule has 1 nitrogen and oxygen atoms in total. The molecule has 1 aromatic rings. The summed E-state index contributed by atoms with van der Waals surface area (Å²) in [5, 5.41) is 3.98. The molecule has 1 aliphatic heterocycles. The average Bonchev–Trinajstić information content (AvgIpc) is 2.58. The summed E-state index contributed by atoms with van der Waals surface area (Å²) in [6.07, 6.45) is 0. The Morgan fingerprint density at radius 3 is 2.67 bits per heavy atom. The van der Waals surface area contributed by atoms with Crippen LogP contribution < -0.4 is 4.90 Å². The van der Waals surface area contributed by atoms with Crippen molar-refractivity contribution >= 4 is 28.5 Å². The average molecular weight is 198 g/mol. The molecule has 0 spiro atoms. The molecule has 0 saturated heterocycles. The van der Waals surface area contributed by atoms with Crippen LogP contribution in [0.25, 0.3) is 0 Å². The van der Waals surface area contributed by atoms with E-state index in [-0.39, 0.29) is 0 Å². The van der Waals surface area contributed by atoms with Gasteiger partial charge in [0.2, 0.25) is 0 Å². The molecule has 1 heterocycles. The Morgan fingerprint density at radius 2 is 2.08 bits per heavy atom. The van der Waals surface area contributed by atoms with Gasteiger partial charge in [0.1, 0.15) is 0 Å². The van der Waals surface area contributed by atoms with Gasteiger partial charge in [0, 0.05) is 28.3 Å². The lowest BCUT2D eigenvalue weighted by atomic mass is 10.3. The van der Waals surface area contributed by atoms with Gasteiger partial charge in [0.05, 0.1) is 0 Å². The first kappa shape index (κ1) is 7.93. The molecular weight excluding hydrogens is 190 g/mol. The van der Waals surface area contributed by atoms with E-state index in [0.29, 0.717) is 0 Å². The van der Waals surface area contributed by atoms with Crippen LogP contribution in [0.5, 0.6) is 0 Å². The van der Waals surface area contributed by atoms with Gasteiger partial charge in [-0.3, -0.25) is 4.90 Å². The van der Waals surface area contributed by atoms with Gasteiger partial charge in [-0.05, 0) is 24.3 Å². The first-order valence-electron chi connectivity index (χ1n) is 3.77. The Kier molecular flexibility index (Phi) is 2.22. The third-order valence-electron chi connectivity index (χ3n) is 1.73. The number of halogens is 1. The maximum Gasteiger partial charge on any atom is 0.0492 e. The van der Waals surface area contributed by atoms with Crippen LogP contribution in [-0.4, -0.2) is 12.3 Å². The maximum absolute atomic E-state index is 5.77. The molecule has 12 heavy (non-hydrogen) atoms. The molecule has 0 N–H and O–H groups in total. The summed E-state index contributed by atoms with van der Waals surface area (Å²) < 4.78 is 0. The van der Waals surface area contributed by atoms with Gasteiger partial charge in [-0.1, -0.05) is 11.6 Å². The van der Waals surface area contributed by atoms with Crippen LogP contribution in [0.1, 0.15) is 0 Å². The van der Waals surface area contributed by atoms with Crippen LogP contribution in [0, 0.1) is 5.31 Å². The maximum atomic E-state index is 5.77. The van der Waals surface area contributed by atoms with Crippen molar-refractivity contribution in [3.05, 3.63) is 29.3 Å². The van der Waals surface area contributed by atoms with E-state index in [1.54, 1.807) is 11.2 Å². The fourth-order valence-electron chi connectivity index (χ4n) is 1.11. The highest BCUT2D eigenvalue weighted by Gasteiger charge is 2.05. The SMILES string of the molecule is Clc1ccc(N2C#SCC2)cc1. The second kappa shape index (κ2) is 3.36. The van der Waals surface area contributed by atoms with Gasteiger partial charge in [0.25, 0.3) is 0 Å². The zero-order valence-electron chi connectivity index (χ0n) is 6.46. The van der Waals surface area contributed by atoms with E-state index in [2.05, 4.69) is 10.2 Å². The van der Waals surface area contributed by atoms with E-state index in [4.69, 9.17) is 11.6 Å². The Balaban J connectivity index is 2.25. The number of hydrogen-bond acceptors (Lipinski definition) is 1. The van der Waals surface area contributed by atoms with Crippen molar-refractivity contribution in [2.75, 3.05) is 17.2 Å². The van der Waals surface area contributed by atoms with Gasteiger partial charge in [-0.15, -0.1) is 11.2 Å². The van der Waals surface area contributed by atoms with Crippen molar-refractivity contribution in [2.24, 2.45) is 0 Å². The van der Waals surface area contributed by atoms with Gasteiger partial charge in [0.15, 0.2) is 0 Å². The van der Waals surface area contributed by atoms with Crippen LogP contribution >= 0.6 is 22.8 Å². The lowest BCUT2D eigenvalue weighted by Crippen LogP contribution is -2.14. The predicted octanol–water partition coefficient (Wildman–Crippen LogP) is 2.81. The monoisotopic (exact) mass is 197 g/mol. The second-order valence-corrected chi connectivity index (χ2v) is 3.88. The molecule has 0 bridgehead atoms. The molecule has 0 radical (unpaired) electrons. The largest absolute Gasteiger partial charge is 0.298 e. The molecule has 3 heteroatoms. The molecule has 0 amide bonds. The standard InChI is InChI=1S/C9H8ClNS/c10-8-1-3-9(4-2-8)11-5-6-12-7-11/h1-4H,5-6H2. The van der Waals surface area contributed by atoms with E-state index >= 15 is 0 Å². The molecule has 62 valence electrons. The number of nitrogens with zero attached hydrogens (tertiary/aromatic N) is 1.